The summed E-state index contributed by atoms with van der Waals surface area (Å²) in [7, 11) is 0. The zero-order chi connectivity index (χ0) is 13.5. The van der Waals surface area contributed by atoms with Crippen LogP contribution in [-0.2, 0) is 11.4 Å². The van der Waals surface area contributed by atoms with Gasteiger partial charge in [-0.05, 0) is 42.2 Å². The monoisotopic (exact) mass is 252 g/mol. The van der Waals surface area contributed by atoms with Crippen molar-refractivity contribution < 1.29 is 4.84 Å². The number of nitrogens with zero attached hydrogens (tertiary/aromatic N) is 1. The molecule has 2 aromatic rings. The second-order valence-electron chi connectivity index (χ2n) is 4.41. The molecule has 0 saturated carbocycles. The summed E-state index contributed by atoms with van der Waals surface area (Å²) in [5.74, 6) is 0. The molecule has 19 heavy (non-hydrogen) atoms. The minimum absolute atomic E-state index is 0.502. The van der Waals surface area contributed by atoms with Gasteiger partial charge in [-0.25, -0.2) is 0 Å². The van der Waals surface area contributed by atoms with Gasteiger partial charge in [0, 0.05) is 0 Å². The van der Waals surface area contributed by atoms with Crippen LogP contribution in [0.25, 0.3) is 0 Å². The molecule has 0 heterocycles. The van der Waals surface area contributed by atoms with Crippen molar-refractivity contribution in [3.63, 3.8) is 0 Å². The lowest BCUT2D eigenvalue weighted by atomic mass is 10.1. The van der Waals surface area contributed by atoms with Crippen LogP contribution in [0.1, 0.15) is 30.0 Å². The van der Waals surface area contributed by atoms with E-state index in [9.17, 15) is 0 Å². The first-order chi connectivity index (χ1) is 9.29. The summed E-state index contributed by atoms with van der Waals surface area (Å²) in [6.07, 6.45) is 0.845. The van der Waals surface area contributed by atoms with Gasteiger partial charge in [0.15, 0.2) is 0 Å². The van der Waals surface area contributed by atoms with Crippen LogP contribution in [0, 0.1) is 13.0 Å². The molecule has 1 radical (unpaired) electrons. The Balaban J connectivity index is 2.04. The fourth-order valence-corrected chi connectivity index (χ4v) is 1.85. The number of benzene rings is 2. The number of hydrogen-bond acceptors (Lipinski definition) is 2. The van der Waals surface area contributed by atoms with E-state index in [1.54, 1.807) is 0 Å². The van der Waals surface area contributed by atoms with Gasteiger partial charge in [-0.15, -0.1) is 0 Å². The molecule has 0 aliphatic heterocycles. The summed E-state index contributed by atoms with van der Waals surface area (Å²) < 4.78 is 0. The molecule has 97 valence electrons. The molecule has 0 atom stereocenters. The Kier molecular flexibility index (Phi) is 4.73. The molecule has 0 amide bonds. The molecule has 0 aromatic heterocycles. The van der Waals surface area contributed by atoms with E-state index in [2.05, 4.69) is 24.2 Å². The fourth-order valence-electron chi connectivity index (χ4n) is 1.85. The van der Waals surface area contributed by atoms with Gasteiger partial charge in [0.05, 0.1) is 5.71 Å². The molecule has 0 spiro atoms. The smallest absolute Gasteiger partial charge is 0.142 e. The first-order valence-electron chi connectivity index (χ1n) is 6.51. The third-order valence-corrected chi connectivity index (χ3v) is 2.86. The molecule has 2 aromatic carbocycles. The lowest BCUT2D eigenvalue weighted by Crippen LogP contribution is -2.01. The van der Waals surface area contributed by atoms with Crippen molar-refractivity contribution in [2.24, 2.45) is 5.16 Å². The average molecular weight is 252 g/mol. The predicted molar refractivity (Wildman–Crippen MR) is 78.1 cm³/mol. The minimum Gasteiger partial charge on any atom is -0.391 e. The summed E-state index contributed by atoms with van der Waals surface area (Å²) in [5, 5.41) is 4.25. The fraction of sp³-hybridized carbons (Fsp3) is 0.235. The van der Waals surface area contributed by atoms with Gasteiger partial charge in [-0.1, -0.05) is 54.5 Å². The highest BCUT2D eigenvalue weighted by Gasteiger charge is 2.02. The average Bonchev–Trinajstić information content (AvgIpc) is 2.45. The third kappa shape index (κ3) is 3.95. The summed E-state index contributed by atoms with van der Waals surface area (Å²) in [6, 6.07) is 19.2. The van der Waals surface area contributed by atoms with E-state index in [4.69, 9.17) is 4.84 Å². The largest absolute Gasteiger partial charge is 0.391 e. The van der Waals surface area contributed by atoms with Crippen molar-refractivity contribution in [2.75, 3.05) is 0 Å². The van der Waals surface area contributed by atoms with Crippen LogP contribution in [0.5, 0.6) is 0 Å². The van der Waals surface area contributed by atoms with E-state index in [1.165, 1.54) is 0 Å². The maximum Gasteiger partial charge on any atom is 0.142 e. The molecule has 0 fully saturated rings. The highest BCUT2D eigenvalue weighted by molar-refractivity contribution is 6.00. The zero-order valence-corrected chi connectivity index (χ0v) is 11.4. The molecule has 0 N–H and O–H groups in total. The van der Waals surface area contributed by atoms with E-state index in [0.717, 1.165) is 28.8 Å². The maximum atomic E-state index is 5.44. The summed E-state index contributed by atoms with van der Waals surface area (Å²) in [4.78, 5) is 5.44. The lowest BCUT2D eigenvalue weighted by molar-refractivity contribution is 0.130. The minimum atomic E-state index is 0.502. The van der Waals surface area contributed by atoms with E-state index < -0.39 is 0 Å². The summed E-state index contributed by atoms with van der Waals surface area (Å²) in [6.45, 7) is 4.61. The molecule has 0 bridgehead atoms. The molecule has 0 aliphatic carbocycles. The molecular weight excluding hydrogens is 234 g/mol. The standard InChI is InChI=1S/C17H18NO/c1-3-17(16-11-7-8-14(2)12-16)18-19-13-15-9-5-4-6-10-15/h4-7,9-12H,3,13H2,1-2H3. The SMILES string of the molecule is CCC(=NOCc1ccccc1)c1cc[c]c(C)c1. The summed E-state index contributed by atoms with van der Waals surface area (Å²) in [5.41, 5.74) is 4.31. The normalized spacial score (nSPS) is 11.4. The Morgan fingerprint density at radius 1 is 1.21 bits per heavy atom. The second-order valence-corrected chi connectivity index (χ2v) is 4.41. The molecule has 0 aliphatic rings. The number of oxime groups is 1. The van der Waals surface area contributed by atoms with Crippen LogP contribution >= 0.6 is 0 Å². The van der Waals surface area contributed by atoms with Gasteiger partial charge in [-0.3, -0.25) is 0 Å². The van der Waals surface area contributed by atoms with Crippen LogP contribution < -0.4 is 0 Å². The van der Waals surface area contributed by atoms with Crippen molar-refractivity contribution >= 4 is 5.71 Å². The number of hydrogen-bond donors (Lipinski definition) is 0. The van der Waals surface area contributed by atoms with Gasteiger partial charge >= 0.3 is 0 Å². The van der Waals surface area contributed by atoms with Gasteiger partial charge in [0.25, 0.3) is 0 Å². The molecular formula is C17H18NO. The maximum absolute atomic E-state index is 5.44. The van der Waals surface area contributed by atoms with E-state index in [0.29, 0.717) is 6.61 Å². The second kappa shape index (κ2) is 6.74. The van der Waals surface area contributed by atoms with E-state index in [1.807, 2.05) is 49.4 Å². The molecule has 0 unspecified atom stereocenters. The van der Waals surface area contributed by atoms with Crippen LogP contribution in [-0.4, -0.2) is 5.71 Å². The Bertz CT molecular complexity index is 546. The van der Waals surface area contributed by atoms with Crippen molar-refractivity contribution in [3.05, 3.63) is 71.3 Å². The zero-order valence-electron chi connectivity index (χ0n) is 11.4. The van der Waals surface area contributed by atoms with Crippen LogP contribution in [0.15, 0.2) is 53.7 Å². The van der Waals surface area contributed by atoms with Crippen molar-refractivity contribution in [1.29, 1.82) is 0 Å². The van der Waals surface area contributed by atoms with Crippen molar-refractivity contribution in [2.45, 2.75) is 26.9 Å². The van der Waals surface area contributed by atoms with Crippen LogP contribution in [0.4, 0.5) is 0 Å². The van der Waals surface area contributed by atoms with Gasteiger partial charge in [-0.2, -0.15) is 0 Å². The van der Waals surface area contributed by atoms with Crippen molar-refractivity contribution in [3.8, 4) is 0 Å². The Labute approximate surface area is 114 Å². The Morgan fingerprint density at radius 2 is 2.00 bits per heavy atom. The van der Waals surface area contributed by atoms with Gasteiger partial charge < -0.3 is 4.84 Å². The predicted octanol–water partition coefficient (Wildman–Crippen LogP) is 4.13. The van der Waals surface area contributed by atoms with Crippen LogP contribution in [0.2, 0.25) is 0 Å². The molecule has 2 heteroatoms. The third-order valence-electron chi connectivity index (χ3n) is 2.86. The molecule has 2 rings (SSSR count). The first-order valence-corrected chi connectivity index (χ1v) is 6.51. The highest BCUT2D eigenvalue weighted by Crippen LogP contribution is 2.09. The van der Waals surface area contributed by atoms with Gasteiger partial charge in [0.1, 0.15) is 6.61 Å². The molecule has 0 saturated heterocycles. The van der Waals surface area contributed by atoms with Crippen molar-refractivity contribution in [1.82, 2.24) is 0 Å². The summed E-state index contributed by atoms with van der Waals surface area (Å²) >= 11 is 0. The number of aryl methyl sites for hydroxylation is 1. The van der Waals surface area contributed by atoms with E-state index >= 15 is 0 Å². The molecule has 2 nitrogen and oxygen atoms in total. The Hall–Kier alpha value is -2.09. The lowest BCUT2D eigenvalue weighted by Gasteiger charge is -2.05. The Morgan fingerprint density at radius 3 is 2.68 bits per heavy atom. The quantitative estimate of drug-likeness (QED) is 0.579. The first kappa shape index (κ1) is 13.3. The highest BCUT2D eigenvalue weighted by atomic mass is 16.6. The van der Waals surface area contributed by atoms with Crippen LogP contribution in [0.3, 0.4) is 0 Å². The van der Waals surface area contributed by atoms with E-state index in [-0.39, 0.29) is 0 Å². The number of rotatable bonds is 5. The van der Waals surface area contributed by atoms with Gasteiger partial charge in [0.2, 0.25) is 0 Å². The topological polar surface area (TPSA) is 21.6 Å².